The highest BCUT2D eigenvalue weighted by atomic mass is 16.5. The minimum absolute atomic E-state index is 0.0135. The van der Waals surface area contributed by atoms with E-state index in [-0.39, 0.29) is 17.7 Å². The third kappa shape index (κ3) is 2.83. The van der Waals surface area contributed by atoms with Crippen LogP contribution in [0.15, 0.2) is 36.4 Å². The van der Waals surface area contributed by atoms with E-state index in [9.17, 15) is 14.7 Å². The fourth-order valence-corrected chi connectivity index (χ4v) is 4.70. The summed E-state index contributed by atoms with van der Waals surface area (Å²) in [6.07, 6.45) is 4.82. The van der Waals surface area contributed by atoms with Gasteiger partial charge in [0.05, 0.1) is 18.9 Å². The second-order valence-electron chi connectivity index (χ2n) is 7.35. The molecule has 0 unspecified atom stereocenters. The smallest absolute Gasteiger partial charge is 0.307 e. The number of hydrogen-bond acceptors (Lipinski definition) is 4. The summed E-state index contributed by atoms with van der Waals surface area (Å²) in [5.41, 5.74) is 1.09. The van der Waals surface area contributed by atoms with Crippen molar-refractivity contribution in [3.63, 3.8) is 0 Å². The number of carbonyl (C=O) groups excluding carboxylic acids is 1. The second kappa shape index (κ2) is 6.67. The van der Waals surface area contributed by atoms with Gasteiger partial charge in [0.15, 0.2) is 0 Å². The molecule has 1 saturated carbocycles. The molecule has 3 aliphatic rings. The fourth-order valence-electron chi connectivity index (χ4n) is 4.70. The van der Waals surface area contributed by atoms with Crippen molar-refractivity contribution in [3.05, 3.63) is 36.4 Å². The number of methoxy groups -OCH3 is 1. The first-order valence-corrected chi connectivity index (χ1v) is 9.17. The second-order valence-corrected chi connectivity index (χ2v) is 7.35. The van der Waals surface area contributed by atoms with E-state index in [1.54, 1.807) is 7.11 Å². The molecule has 1 amide bonds. The van der Waals surface area contributed by atoms with Crippen molar-refractivity contribution in [1.82, 2.24) is 4.90 Å². The Bertz CT molecular complexity index is 739. The topological polar surface area (TPSA) is 70.1 Å². The number of fused-ring (bicyclic) bond motifs is 2. The number of ether oxygens (including phenoxy) is 1. The molecule has 6 nitrogen and oxygen atoms in total. The fraction of sp³-hybridized carbons (Fsp3) is 0.500. The van der Waals surface area contributed by atoms with Gasteiger partial charge in [0.1, 0.15) is 5.75 Å². The van der Waals surface area contributed by atoms with E-state index in [0.717, 1.165) is 30.9 Å². The minimum atomic E-state index is -0.838. The SMILES string of the molecule is COc1cccc(N2CCN(C(=O)[C@H]3[C@@H](C(=O)O)[C@@H]4C=C[C@@H]3C4)CC2)c1. The molecule has 1 aromatic rings. The summed E-state index contributed by atoms with van der Waals surface area (Å²) >= 11 is 0. The average molecular weight is 356 g/mol. The molecule has 138 valence electrons. The van der Waals surface area contributed by atoms with Crippen molar-refractivity contribution in [3.8, 4) is 5.75 Å². The van der Waals surface area contributed by atoms with Gasteiger partial charge in [0, 0.05) is 37.9 Å². The van der Waals surface area contributed by atoms with Gasteiger partial charge in [-0.25, -0.2) is 0 Å². The third-order valence-electron chi connectivity index (χ3n) is 6.04. The van der Waals surface area contributed by atoms with Crippen LogP contribution in [0.2, 0.25) is 0 Å². The molecule has 26 heavy (non-hydrogen) atoms. The standard InChI is InChI=1S/C20H24N2O4/c1-26-16-4-2-3-15(12-16)21-7-9-22(10-8-21)19(23)17-13-5-6-14(11-13)18(17)20(24)25/h2-6,12-14,17-18H,7-11H2,1H3,(H,24,25)/t13-,14-,17-,18+/m1/s1. The zero-order valence-electron chi connectivity index (χ0n) is 14.9. The average Bonchev–Trinajstić information content (AvgIpc) is 3.29. The molecule has 1 aromatic carbocycles. The lowest BCUT2D eigenvalue weighted by molar-refractivity contribution is -0.151. The number of carboxylic acid groups (broad SMARTS) is 1. The van der Waals surface area contributed by atoms with Crippen LogP contribution >= 0.6 is 0 Å². The zero-order chi connectivity index (χ0) is 18.3. The number of nitrogens with zero attached hydrogens (tertiary/aromatic N) is 2. The lowest BCUT2D eigenvalue weighted by Crippen LogP contribution is -2.52. The van der Waals surface area contributed by atoms with E-state index in [0.29, 0.717) is 13.1 Å². The number of benzene rings is 1. The van der Waals surface area contributed by atoms with Gasteiger partial charge in [0.2, 0.25) is 5.91 Å². The van der Waals surface area contributed by atoms with Crippen LogP contribution in [0, 0.1) is 23.7 Å². The Morgan fingerprint density at radius 3 is 2.42 bits per heavy atom. The van der Waals surface area contributed by atoms with E-state index in [2.05, 4.69) is 4.90 Å². The van der Waals surface area contributed by atoms with Gasteiger partial charge in [-0.3, -0.25) is 9.59 Å². The van der Waals surface area contributed by atoms with Crippen molar-refractivity contribution >= 4 is 17.6 Å². The van der Waals surface area contributed by atoms with Crippen LogP contribution in [0.4, 0.5) is 5.69 Å². The predicted molar refractivity (Wildman–Crippen MR) is 97.1 cm³/mol. The van der Waals surface area contributed by atoms with Gasteiger partial charge in [-0.1, -0.05) is 18.2 Å². The Hall–Kier alpha value is -2.50. The van der Waals surface area contributed by atoms with E-state index in [4.69, 9.17) is 4.74 Å². The van der Waals surface area contributed by atoms with Crippen LogP contribution in [0.5, 0.6) is 5.75 Å². The molecule has 4 rings (SSSR count). The number of rotatable bonds is 4. The summed E-state index contributed by atoms with van der Waals surface area (Å²) in [6, 6.07) is 7.92. The molecule has 2 fully saturated rings. The summed E-state index contributed by atoms with van der Waals surface area (Å²) in [6.45, 7) is 2.74. The van der Waals surface area contributed by atoms with Crippen molar-refractivity contribution in [1.29, 1.82) is 0 Å². The minimum Gasteiger partial charge on any atom is -0.497 e. The Labute approximate surface area is 153 Å². The van der Waals surface area contributed by atoms with Crippen LogP contribution in [0.3, 0.4) is 0 Å². The number of piperazine rings is 1. The maximum Gasteiger partial charge on any atom is 0.307 e. The normalized spacial score (nSPS) is 29.9. The number of anilines is 1. The largest absolute Gasteiger partial charge is 0.497 e. The molecular formula is C20H24N2O4. The Balaban J connectivity index is 1.42. The summed E-state index contributed by atoms with van der Waals surface area (Å²) in [5, 5.41) is 9.57. The van der Waals surface area contributed by atoms with E-state index >= 15 is 0 Å². The molecular weight excluding hydrogens is 332 g/mol. The highest BCUT2D eigenvalue weighted by Gasteiger charge is 2.52. The maximum absolute atomic E-state index is 13.0. The van der Waals surface area contributed by atoms with Gasteiger partial charge in [-0.15, -0.1) is 0 Å². The number of amides is 1. The van der Waals surface area contributed by atoms with E-state index < -0.39 is 17.8 Å². The highest BCUT2D eigenvalue weighted by Crippen LogP contribution is 2.48. The summed E-state index contributed by atoms with van der Waals surface area (Å²) < 4.78 is 5.28. The monoisotopic (exact) mass is 356 g/mol. The van der Waals surface area contributed by atoms with Crippen molar-refractivity contribution < 1.29 is 19.4 Å². The summed E-state index contributed by atoms with van der Waals surface area (Å²) in [7, 11) is 1.65. The third-order valence-corrected chi connectivity index (χ3v) is 6.04. The summed E-state index contributed by atoms with van der Waals surface area (Å²) in [5.74, 6) is -0.858. The van der Waals surface area contributed by atoms with Crippen molar-refractivity contribution in [2.75, 3.05) is 38.2 Å². The molecule has 2 bridgehead atoms. The maximum atomic E-state index is 13.0. The highest BCUT2D eigenvalue weighted by molar-refractivity contribution is 5.87. The van der Waals surface area contributed by atoms with Gasteiger partial charge >= 0.3 is 5.97 Å². The molecule has 4 atom stereocenters. The van der Waals surface area contributed by atoms with E-state index in [1.807, 2.05) is 41.3 Å². The zero-order valence-corrected chi connectivity index (χ0v) is 14.9. The Kier molecular flexibility index (Phi) is 4.34. The molecule has 0 spiro atoms. The van der Waals surface area contributed by atoms with Crippen LogP contribution < -0.4 is 9.64 Å². The molecule has 1 aliphatic heterocycles. The van der Waals surface area contributed by atoms with Gasteiger partial charge in [-0.2, -0.15) is 0 Å². The van der Waals surface area contributed by atoms with Gasteiger partial charge in [0.25, 0.3) is 0 Å². The number of hydrogen-bond donors (Lipinski definition) is 1. The van der Waals surface area contributed by atoms with Crippen LogP contribution in [0.25, 0.3) is 0 Å². The number of aliphatic carboxylic acids is 1. The summed E-state index contributed by atoms with van der Waals surface area (Å²) in [4.78, 5) is 28.8. The van der Waals surface area contributed by atoms with Crippen LogP contribution in [0.1, 0.15) is 6.42 Å². The predicted octanol–water partition coefficient (Wildman–Crippen LogP) is 1.87. The number of carboxylic acids is 1. The number of allylic oxidation sites excluding steroid dienone is 2. The molecule has 6 heteroatoms. The molecule has 0 radical (unpaired) electrons. The molecule has 1 N–H and O–H groups in total. The first-order chi connectivity index (χ1) is 12.6. The lowest BCUT2D eigenvalue weighted by Gasteiger charge is -2.38. The van der Waals surface area contributed by atoms with Gasteiger partial charge in [-0.05, 0) is 30.4 Å². The Morgan fingerprint density at radius 1 is 1.08 bits per heavy atom. The van der Waals surface area contributed by atoms with Gasteiger partial charge < -0.3 is 19.6 Å². The molecule has 1 heterocycles. The van der Waals surface area contributed by atoms with Crippen molar-refractivity contribution in [2.45, 2.75) is 6.42 Å². The Morgan fingerprint density at radius 2 is 1.77 bits per heavy atom. The van der Waals surface area contributed by atoms with Crippen LogP contribution in [-0.2, 0) is 9.59 Å². The first kappa shape index (κ1) is 16.9. The molecule has 0 aromatic heterocycles. The first-order valence-electron chi connectivity index (χ1n) is 9.17. The quantitative estimate of drug-likeness (QED) is 0.834. The molecule has 2 aliphatic carbocycles. The van der Waals surface area contributed by atoms with Crippen molar-refractivity contribution in [2.24, 2.45) is 23.7 Å². The lowest BCUT2D eigenvalue weighted by atomic mass is 9.82. The number of carbonyl (C=O) groups is 2. The molecule has 1 saturated heterocycles. The van der Waals surface area contributed by atoms with E-state index in [1.165, 1.54) is 0 Å². The van der Waals surface area contributed by atoms with Crippen LogP contribution in [-0.4, -0.2) is 55.2 Å².